The number of rotatable bonds is 3. The minimum absolute atomic E-state index is 0.00378. The molecule has 7 heteroatoms. The average Bonchev–Trinajstić information content (AvgIpc) is 3.20. The lowest BCUT2D eigenvalue weighted by Crippen LogP contribution is -2.33. The molecule has 218 valence electrons. The molecule has 0 spiro atoms. The summed E-state index contributed by atoms with van der Waals surface area (Å²) in [6, 6.07) is 17.3. The van der Waals surface area contributed by atoms with Gasteiger partial charge in [0.15, 0.2) is 11.6 Å². The Bertz CT molecular complexity index is 1880. The largest absolute Gasteiger partial charge is 0.341 e. The second-order valence-electron chi connectivity index (χ2n) is 11.9. The van der Waals surface area contributed by atoms with Gasteiger partial charge in [0.1, 0.15) is 0 Å². The molecule has 0 bridgehead atoms. The third-order valence-electron chi connectivity index (χ3n) is 8.75. The van der Waals surface area contributed by atoms with Gasteiger partial charge in [-0.15, -0.1) is 0 Å². The van der Waals surface area contributed by atoms with Gasteiger partial charge in [-0.2, -0.15) is 0 Å². The van der Waals surface area contributed by atoms with Crippen molar-refractivity contribution in [3.8, 4) is 11.1 Å². The van der Waals surface area contributed by atoms with Crippen LogP contribution >= 0.6 is 46.4 Å². The molecular weight excluding hydrogens is 620 g/mol. The number of benzene rings is 4. The number of allylic oxidation sites excluding steroid dienone is 1. The molecule has 2 aliphatic rings. The fraction of sp³-hybridized carbons (Fsp3) is 0.222. The van der Waals surface area contributed by atoms with Gasteiger partial charge < -0.3 is 4.90 Å². The Labute approximate surface area is 272 Å². The first kappa shape index (κ1) is 30.0. The quantitative estimate of drug-likeness (QED) is 0.0960. The van der Waals surface area contributed by atoms with Crippen molar-refractivity contribution in [3.05, 3.63) is 119 Å². The first-order valence-corrected chi connectivity index (χ1v) is 15.6. The number of fused-ring (bicyclic) bond motifs is 3. The van der Waals surface area contributed by atoms with Crippen LogP contribution in [-0.2, 0) is 5.41 Å². The van der Waals surface area contributed by atoms with Gasteiger partial charge in [-0.05, 0) is 97.0 Å². The van der Waals surface area contributed by atoms with E-state index in [4.69, 9.17) is 46.4 Å². The lowest BCUT2D eigenvalue weighted by molar-refractivity contribution is 0.0990. The van der Waals surface area contributed by atoms with E-state index in [-0.39, 0.29) is 42.2 Å². The van der Waals surface area contributed by atoms with E-state index < -0.39 is 11.6 Å². The molecule has 0 saturated carbocycles. The second kappa shape index (κ2) is 10.5. The molecule has 0 unspecified atom stereocenters. The minimum Gasteiger partial charge on any atom is -0.341 e. The summed E-state index contributed by atoms with van der Waals surface area (Å²) < 4.78 is 0. The lowest BCUT2D eigenvalue weighted by atomic mass is 9.72. The zero-order valence-electron chi connectivity index (χ0n) is 24.7. The van der Waals surface area contributed by atoms with Crippen LogP contribution in [-0.4, -0.2) is 18.1 Å². The predicted octanol–water partition coefficient (Wildman–Crippen LogP) is 11.2. The lowest BCUT2D eigenvalue weighted by Gasteiger charge is -2.42. The molecule has 1 aliphatic heterocycles. The Kier molecular flexibility index (Phi) is 7.34. The van der Waals surface area contributed by atoms with E-state index in [1.807, 2.05) is 6.07 Å². The molecule has 0 fully saturated rings. The molecule has 4 aromatic carbocycles. The van der Waals surface area contributed by atoms with E-state index in [0.717, 1.165) is 23.4 Å². The van der Waals surface area contributed by atoms with Gasteiger partial charge in [0.05, 0.1) is 36.8 Å². The highest BCUT2D eigenvalue weighted by atomic mass is 35.5. The van der Waals surface area contributed by atoms with Gasteiger partial charge >= 0.3 is 0 Å². The zero-order valence-corrected chi connectivity index (χ0v) is 27.7. The van der Waals surface area contributed by atoms with Crippen molar-refractivity contribution in [1.82, 2.24) is 0 Å². The summed E-state index contributed by atoms with van der Waals surface area (Å²) in [6.07, 6.45) is 1.61. The number of carbonyl (C=O) groups excluding carboxylic acids is 2. The monoisotopic (exact) mass is 647 g/mol. The standard InChI is InChI=1S/C36H29Cl4NO2/c1-7-41-25-10-8-20(14-22-34(42)28-29(35(22)43)31(38)33(40)32(39)30(28)37)15-23(25)36(5,6)24-16-21(9-11-26(24)41)27-18(3)12-17(2)13-19(27)4/h8-16H,7H2,1-6H3. The van der Waals surface area contributed by atoms with Gasteiger partial charge in [0.25, 0.3) is 0 Å². The van der Waals surface area contributed by atoms with Crippen molar-refractivity contribution in [1.29, 1.82) is 0 Å². The van der Waals surface area contributed by atoms with E-state index in [9.17, 15) is 9.59 Å². The third-order valence-corrected chi connectivity index (χ3v) is 10.6. The highest BCUT2D eigenvalue weighted by molar-refractivity contribution is 6.57. The molecule has 0 N–H and O–H groups in total. The number of nitrogens with zero attached hydrogens (tertiary/aromatic N) is 1. The molecule has 4 aromatic rings. The molecule has 1 heterocycles. The Morgan fingerprint density at radius 2 is 1.21 bits per heavy atom. The maximum atomic E-state index is 13.4. The fourth-order valence-corrected chi connectivity index (χ4v) is 7.81. The summed E-state index contributed by atoms with van der Waals surface area (Å²) in [5.41, 5.74) is 11.1. The first-order valence-electron chi connectivity index (χ1n) is 14.1. The maximum absolute atomic E-state index is 13.4. The highest BCUT2D eigenvalue weighted by Crippen LogP contribution is 2.51. The molecular formula is C36H29Cl4NO2. The Morgan fingerprint density at radius 3 is 1.74 bits per heavy atom. The van der Waals surface area contributed by atoms with Crippen LogP contribution in [0.25, 0.3) is 17.2 Å². The number of hydrogen-bond acceptors (Lipinski definition) is 3. The van der Waals surface area contributed by atoms with Crippen LogP contribution in [0.3, 0.4) is 0 Å². The Balaban J connectivity index is 1.48. The molecule has 0 radical (unpaired) electrons. The Hall–Kier alpha value is -3.08. The van der Waals surface area contributed by atoms with E-state index in [1.165, 1.54) is 39.1 Å². The summed E-state index contributed by atoms with van der Waals surface area (Å²) in [4.78, 5) is 29.2. The van der Waals surface area contributed by atoms with E-state index in [0.29, 0.717) is 0 Å². The number of Topliss-reactive ketones (excluding diaryl/α,β-unsaturated/α-hetero) is 2. The van der Waals surface area contributed by atoms with E-state index in [2.05, 4.69) is 88.9 Å². The average molecular weight is 649 g/mol. The predicted molar refractivity (Wildman–Crippen MR) is 180 cm³/mol. The van der Waals surface area contributed by atoms with Gasteiger partial charge in [-0.3, -0.25) is 9.59 Å². The maximum Gasteiger partial charge on any atom is 0.199 e. The van der Waals surface area contributed by atoms with Crippen LogP contribution in [0.5, 0.6) is 0 Å². The van der Waals surface area contributed by atoms with Crippen LogP contribution in [0.4, 0.5) is 11.4 Å². The SMILES string of the molecule is CCN1c2ccc(C=C3C(=O)c4c(Cl)c(Cl)c(Cl)c(Cl)c4C3=O)cc2C(C)(C)c2cc(-c3c(C)cc(C)cc3C)ccc21. The second-order valence-corrected chi connectivity index (χ2v) is 13.4. The summed E-state index contributed by atoms with van der Waals surface area (Å²) in [5.74, 6) is -1.03. The fourth-order valence-electron chi connectivity index (χ4n) is 6.79. The van der Waals surface area contributed by atoms with Gasteiger partial charge in [-0.1, -0.05) is 90.1 Å². The minimum atomic E-state index is -0.517. The summed E-state index contributed by atoms with van der Waals surface area (Å²) in [5, 5.41) is -0.216. The number of ketones is 2. The molecule has 0 aromatic heterocycles. The van der Waals surface area contributed by atoms with Crippen molar-refractivity contribution in [2.45, 2.75) is 47.0 Å². The topological polar surface area (TPSA) is 37.4 Å². The summed E-state index contributed by atoms with van der Waals surface area (Å²) >= 11 is 25.1. The molecule has 3 nitrogen and oxygen atoms in total. The normalized spacial score (nSPS) is 15.0. The van der Waals surface area contributed by atoms with Crippen LogP contribution in [0.15, 0.2) is 54.1 Å². The van der Waals surface area contributed by atoms with Gasteiger partial charge in [0, 0.05) is 23.3 Å². The molecule has 6 rings (SSSR count). The number of carbonyl (C=O) groups is 2. The highest BCUT2D eigenvalue weighted by Gasteiger charge is 2.40. The van der Waals surface area contributed by atoms with E-state index >= 15 is 0 Å². The molecule has 1 aliphatic carbocycles. The van der Waals surface area contributed by atoms with Crippen LogP contribution in [0, 0.1) is 20.8 Å². The van der Waals surface area contributed by atoms with Crippen LogP contribution < -0.4 is 4.90 Å². The number of halogens is 4. The number of anilines is 2. The molecule has 0 saturated heterocycles. The Morgan fingerprint density at radius 1 is 0.698 bits per heavy atom. The van der Waals surface area contributed by atoms with Crippen molar-refractivity contribution in [3.63, 3.8) is 0 Å². The first-order chi connectivity index (χ1) is 20.3. The third kappa shape index (κ3) is 4.47. The number of aryl methyl sites for hydroxylation is 3. The van der Waals surface area contributed by atoms with E-state index in [1.54, 1.807) is 6.08 Å². The van der Waals surface area contributed by atoms with Crippen molar-refractivity contribution in [2.24, 2.45) is 0 Å². The summed E-state index contributed by atoms with van der Waals surface area (Å²) in [6.45, 7) is 13.8. The molecule has 0 atom stereocenters. The van der Waals surface area contributed by atoms with Crippen LogP contribution in [0.1, 0.15) is 74.9 Å². The zero-order chi connectivity index (χ0) is 31.1. The van der Waals surface area contributed by atoms with Crippen molar-refractivity contribution in [2.75, 3.05) is 11.4 Å². The van der Waals surface area contributed by atoms with Crippen molar-refractivity contribution >= 4 is 75.4 Å². The smallest absolute Gasteiger partial charge is 0.199 e. The van der Waals surface area contributed by atoms with Gasteiger partial charge in [-0.25, -0.2) is 0 Å². The van der Waals surface area contributed by atoms with Gasteiger partial charge in [0.2, 0.25) is 0 Å². The molecule has 0 amide bonds. The summed E-state index contributed by atoms with van der Waals surface area (Å²) in [7, 11) is 0. The van der Waals surface area contributed by atoms with Crippen molar-refractivity contribution < 1.29 is 9.59 Å². The number of hydrogen-bond donors (Lipinski definition) is 0. The van der Waals surface area contributed by atoms with Crippen LogP contribution in [0.2, 0.25) is 20.1 Å². The molecule has 43 heavy (non-hydrogen) atoms.